The molecule has 8 heteroatoms. The first kappa shape index (κ1) is 25.1. The number of hydrogen-bond acceptors (Lipinski definition) is 4. The fraction of sp³-hybridized carbons (Fsp3) is 0.258. The number of nitrogens with zero attached hydrogens (tertiary/aromatic N) is 3. The van der Waals surface area contributed by atoms with Crippen LogP contribution in [0.1, 0.15) is 55.1 Å². The number of thiocarbonyl (C=S) groups is 1. The van der Waals surface area contributed by atoms with Gasteiger partial charge in [-0.1, -0.05) is 37.1 Å². The molecule has 7 nitrogen and oxygen atoms in total. The fourth-order valence-corrected chi connectivity index (χ4v) is 5.92. The number of ether oxygens (including phenoxy) is 1. The highest BCUT2D eigenvalue weighted by Gasteiger charge is 2.41. The first-order chi connectivity index (χ1) is 19.2. The average molecular weight is 538 g/mol. The fourth-order valence-electron chi connectivity index (χ4n) is 5.57. The first-order valence-corrected chi connectivity index (χ1v) is 13.8. The van der Waals surface area contributed by atoms with Crippen LogP contribution in [0.15, 0.2) is 97.5 Å². The van der Waals surface area contributed by atoms with Gasteiger partial charge in [-0.15, -0.1) is 0 Å². The van der Waals surface area contributed by atoms with Crippen molar-refractivity contribution in [2.24, 2.45) is 0 Å². The number of amides is 1. The standard InChI is InChI=1S/C31H31N5O2S/c37-28(21-38-26-10-2-1-3-11-26)33-23-13-15-25(16-14-23)36-30(22-17-19-35(20-22)24-8-4-5-9-24)29(34-31(36)39)27-12-6-7-18-32-27/h1-3,6-7,10-20,24,29-30H,4-5,8-9,21H2,(H,33,37)(H,34,39)/t29-,30-/m0/s1. The Morgan fingerprint density at radius 2 is 1.77 bits per heavy atom. The van der Waals surface area contributed by atoms with Gasteiger partial charge >= 0.3 is 0 Å². The van der Waals surface area contributed by atoms with Gasteiger partial charge in [0.05, 0.1) is 17.8 Å². The van der Waals surface area contributed by atoms with Crippen LogP contribution in [0.5, 0.6) is 5.75 Å². The van der Waals surface area contributed by atoms with Crippen LogP contribution in [-0.4, -0.2) is 27.2 Å². The Labute approximate surface area is 233 Å². The van der Waals surface area contributed by atoms with E-state index in [9.17, 15) is 4.79 Å². The summed E-state index contributed by atoms with van der Waals surface area (Å²) in [4.78, 5) is 19.3. The number of anilines is 2. The SMILES string of the molecule is O=C(COc1ccccc1)Nc1ccc(N2C(=S)N[C@@H](c3ccccn3)[C@@H]2c2ccn(C3CCCC3)c2)cc1. The second kappa shape index (κ2) is 11.3. The number of para-hydroxylation sites is 1. The van der Waals surface area contributed by atoms with Crippen LogP contribution in [0, 0.1) is 0 Å². The Kier molecular flexibility index (Phi) is 7.27. The maximum absolute atomic E-state index is 12.4. The van der Waals surface area contributed by atoms with Gasteiger partial charge in [0.1, 0.15) is 5.75 Å². The van der Waals surface area contributed by atoms with Crippen molar-refractivity contribution in [2.45, 2.75) is 43.8 Å². The van der Waals surface area contributed by atoms with Crippen LogP contribution in [0.2, 0.25) is 0 Å². The summed E-state index contributed by atoms with van der Waals surface area (Å²) >= 11 is 5.87. The summed E-state index contributed by atoms with van der Waals surface area (Å²) in [6.07, 6.45) is 11.3. The molecule has 2 atom stereocenters. The maximum atomic E-state index is 12.4. The minimum Gasteiger partial charge on any atom is -0.484 e. The smallest absolute Gasteiger partial charge is 0.262 e. The molecule has 1 saturated heterocycles. The van der Waals surface area contributed by atoms with Gasteiger partial charge < -0.3 is 24.8 Å². The molecule has 2 aliphatic rings. The van der Waals surface area contributed by atoms with E-state index in [1.807, 2.05) is 79.0 Å². The molecule has 2 fully saturated rings. The first-order valence-electron chi connectivity index (χ1n) is 13.4. The predicted molar refractivity (Wildman–Crippen MR) is 157 cm³/mol. The number of benzene rings is 2. The lowest BCUT2D eigenvalue weighted by atomic mass is 9.98. The third-order valence-corrected chi connectivity index (χ3v) is 7.78. The highest BCUT2D eigenvalue weighted by Crippen LogP contribution is 2.42. The van der Waals surface area contributed by atoms with E-state index in [2.05, 4.69) is 43.5 Å². The van der Waals surface area contributed by atoms with Crippen molar-refractivity contribution in [2.75, 3.05) is 16.8 Å². The summed E-state index contributed by atoms with van der Waals surface area (Å²) in [5.41, 5.74) is 3.79. The molecule has 0 radical (unpaired) electrons. The van der Waals surface area contributed by atoms with Gasteiger partial charge in [0, 0.05) is 36.0 Å². The van der Waals surface area contributed by atoms with Gasteiger partial charge in [-0.25, -0.2) is 0 Å². The topological polar surface area (TPSA) is 71.4 Å². The molecule has 39 heavy (non-hydrogen) atoms. The van der Waals surface area contributed by atoms with Crippen molar-refractivity contribution in [3.8, 4) is 5.75 Å². The molecule has 4 aromatic rings. The third kappa shape index (κ3) is 5.52. The van der Waals surface area contributed by atoms with Crippen molar-refractivity contribution >= 4 is 34.6 Å². The minimum absolute atomic E-state index is 0.0578. The van der Waals surface area contributed by atoms with Crippen LogP contribution in [0.4, 0.5) is 11.4 Å². The zero-order chi connectivity index (χ0) is 26.6. The van der Waals surface area contributed by atoms with Crippen molar-refractivity contribution in [3.63, 3.8) is 0 Å². The van der Waals surface area contributed by atoms with Crippen LogP contribution >= 0.6 is 12.2 Å². The van der Waals surface area contributed by atoms with E-state index in [0.717, 1.165) is 11.4 Å². The van der Waals surface area contributed by atoms with Crippen LogP contribution in [-0.2, 0) is 4.79 Å². The largest absolute Gasteiger partial charge is 0.484 e. The molecular weight excluding hydrogens is 506 g/mol. The van der Waals surface area contributed by atoms with E-state index in [4.69, 9.17) is 17.0 Å². The van der Waals surface area contributed by atoms with Gasteiger partial charge in [-0.05, 0) is 85.2 Å². The lowest BCUT2D eigenvalue weighted by Crippen LogP contribution is -2.29. The highest BCUT2D eigenvalue weighted by atomic mass is 32.1. The third-order valence-electron chi connectivity index (χ3n) is 7.47. The number of nitrogens with one attached hydrogen (secondary N) is 2. The Morgan fingerprint density at radius 1 is 1.00 bits per heavy atom. The van der Waals surface area contributed by atoms with E-state index in [1.54, 1.807) is 0 Å². The van der Waals surface area contributed by atoms with Crippen molar-refractivity contribution in [3.05, 3.63) is 109 Å². The second-order valence-electron chi connectivity index (χ2n) is 10.0. The molecule has 1 aliphatic carbocycles. The van der Waals surface area contributed by atoms with Crippen LogP contribution in [0.3, 0.4) is 0 Å². The van der Waals surface area contributed by atoms with Crippen molar-refractivity contribution in [1.29, 1.82) is 0 Å². The highest BCUT2D eigenvalue weighted by molar-refractivity contribution is 7.80. The lowest BCUT2D eigenvalue weighted by molar-refractivity contribution is -0.118. The Balaban J connectivity index is 1.22. The number of aromatic nitrogens is 2. The van der Waals surface area contributed by atoms with Crippen LogP contribution in [0.25, 0.3) is 0 Å². The molecule has 6 rings (SSSR count). The minimum atomic E-state index is -0.216. The Hall–Kier alpha value is -4.17. The molecule has 2 aromatic heterocycles. The van der Waals surface area contributed by atoms with Crippen molar-refractivity contribution in [1.82, 2.24) is 14.9 Å². The molecule has 2 aromatic carbocycles. The van der Waals surface area contributed by atoms with E-state index in [1.165, 1.54) is 31.2 Å². The summed E-state index contributed by atoms with van der Waals surface area (Å²) in [5.74, 6) is 0.444. The number of carbonyl (C=O) groups excluding carboxylic acids is 1. The number of pyridine rings is 1. The molecular formula is C31H31N5O2S. The number of hydrogen-bond donors (Lipinski definition) is 2. The van der Waals surface area contributed by atoms with Gasteiger partial charge in [-0.2, -0.15) is 0 Å². The molecule has 0 unspecified atom stereocenters. The molecule has 3 heterocycles. The zero-order valence-electron chi connectivity index (χ0n) is 21.6. The predicted octanol–water partition coefficient (Wildman–Crippen LogP) is 6.19. The molecule has 1 amide bonds. The Bertz CT molecular complexity index is 1420. The van der Waals surface area contributed by atoms with E-state index in [0.29, 0.717) is 22.6 Å². The van der Waals surface area contributed by atoms with Gasteiger partial charge in [0.15, 0.2) is 11.7 Å². The van der Waals surface area contributed by atoms with Crippen LogP contribution < -0.4 is 20.3 Å². The lowest BCUT2D eigenvalue weighted by Gasteiger charge is -2.27. The summed E-state index contributed by atoms with van der Waals surface area (Å²) in [6.45, 7) is -0.0578. The quantitative estimate of drug-likeness (QED) is 0.261. The maximum Gasteiger partial charge on any atom is 0.262 e. The average Bonchev–Trinajstić information content (AvgIpc) is 3.74. The molecule has 0 spiro atoms. The molecule has 1 saturated carbocycles. The van der Waals surface area contributed by atoms with E-state index in [-0.39, 0.29) is 24.6 Å². The molecule has 2 N–H and O–H groups in total. The second-order valence-corrected chi connectivity index (χ2v) is 10.4. The van der Waals surface area contributed by atoms with Gasteiger partial charge in [0.25, 0.3) is 5.91 Å². The molecule has 1 aliphatic heterocycles. The van der Waals surface area contributed by atoms with Gasteiger partial charge in [0.2, 0.25) is 0 Å². The summed E-state index contributed by atoms with van der Waals surface area (Å²) in [7, 11) is 0. The number of carbonyl (C=O) groups is 1. The summed E-state index contributed by atoms with van der Waals surface area (Å²) < 4.78 is 7.93. The normalized spacial score (nSPS) is 19.2. The van der Waals surface area contributed by atoms with E-state index < -0.39 is 0 Å². The molecule has 198 valence electrons. The van der Waals surface area contributed by atoms with Gasteiger partial charge in [-0.3, -0.25) is 9.78 Å². The zero-order valence-corrected chi connectivity index (χ0v) is 22.4. The van der Waals surface area contributed by atoms with Crippen molar-refractivity contribution < 1.29 is 9.53 Å². The summed E-state index contributed by atoms with van der Waals surface area (Å²) in [6, 6.07) is 25.7. The van der Waals surface area contributed by atoms with E-state index >= 15 is 0 Å². The number of rotatable bonds is 8. The Morgan fingerprint density at radius 3 is 2.51 bits per heavy atom. The monoisotopic (exact) mass is 537 g/mol. The summed E-state index contributed by atoms with van der Waals surface area (Å²) in [5, 5.41) is 7.08. The molecule has 0 bridgehead atoms.